The average Bonchev–Trinajstić information content (AvgIpc) is 2.57. The molecule has 5 heteroatoms. The molecule has 0 amide bonds. The van der Waals surface area contributed by atoms with E-state index < -0.39 is 5.97 Å². The Kier molecular flexibility index (Phi) is 3.34. The van der Waals surface area contributed by atoms with Gasteiger partial charge >= 0.3 is 5.97 Å². The highest BCUT2D eigenvalue weighted by Gasteiger charge is 2.19. The predicted molar refractivity (Wildman–Crippen MR) is 59.7 cm³/mol. The Hall–Kier alpha value is -1.65. The van der Waals surface area contributed by atoms with E-state index in [0.717, 1.165) is 25.9 Å². The largest absolute Gasteiger partial charge is 0.476 e. The van der Waals surface area contributed by atoms with Crippen molar-refractivity contribution in [2.24, 2.45) is 0 Å². The number of nitrogens with zero attached hydrogens (tertiary/aromatic N) is 3. The van der Waals surface area contributed by atoms with Gasteiger partial charge in [-0.25, -0.2) is 14.8 Å². The van der Waals surface area contributed by atoms with Gasteiger partial charge in [-0.05, 0) is 12.8 Å². The van der Waals surface area contributed by atoms with Crippen molar-refractivity contribution in [1.29, 1.82) is 0 Å². The van der Waals surface area contributed by atoms with Gasteiger partial charge in [0.1, 0.15) is 0 Å². The molecule has 1 aromatic rings. The molecule has 0 bridgehead atoms. The van der Waals surface area contributed by atoms with Gasteiger partial charge in [-0.15, -0.1) is 0 Å². The topological polar surface area (TPSA) is 66.3 Å². The highest BCUT2D eigenvalue weighted by molar-refractivity contribution is 5.90. The Balaban J connectivity index is 2.27. The fraction of sp³-hybridized carbons (Fsp3) is 0.545. The summed E-state index contributed by atoms with van der Waals surface area (Å²) in [6, 6.07) is 0. The molecule has 0 aliphatic carbocycles. The molecule has 1 aliphatic rings. The zero-order valence-electron chi connectivity index (χ0n) is 9.09. The number of carboxylic acid groups (broad SMARTS) is 1. The summed E-state index contributed by atoms with van der Waals surface area (Å²) < 4.78 is 0. The average molecular weight is 221 g/mol. The monoisotopic (exact) mass is 221 g/mol. The van der Waals surface area contributed by atoms with E-state index in [-0.39, 0.29) is 5.69 Å². The molecule has 86 valence electrons. The standard InChI is InChI=1S/C11H15N3O2/c15-11(16)9-10(13-6-5-12-9)14-7-3-1-2-4-8-14/h5-6H,1-4,7-8H2,(H,15,16). The molecule has 0 atom stereocenters. The van der Waals surface area contributed by atoms with E-state index in [2.05, 4.69) is 9.97 Å². The van der Waals surface area contributed by atoms with E-state index in [9.17, 15) is 4.79 Å². The first-order valence-corrected chi connectivity index (χ1v) is 5.58. The van der Waals surface area contributed by atoms with E-state index in [4.69, 9.17) is 5.11 Å². The summed E-state index contributed by atoms with van der Waals surface area (Å²) in [5.41, 5.74) is 0.0596. The molecule has 1 aliphatic heterocycles. The van der Waals surface area contributed by atoms with Crippen LogP contribution in [-0.2, 0) is 0 Å². The van der Waals surface area contributed by atoms with Crippen LogP contribution in [0.15, 0.2) is 12.4 Å². The van der Waals surface area contributed by atoms with Crippen LogP contribution in [0.5, 0.6) is 0 Å². The number of hydrogen-bond acceptors (Lipinski definition) is 4. The van der Waals surface area contributed by atoms with Crippen molar-refractivity contribution < 1.29 is 9.90 Å². The fourth-order valence-electron chi connectivity index (χ4n) is 2.00. The molecule has 2 heterocycles. The van der Waals surface area contributed by atoms with Crippen LogP contribution in [0.25, 0.3) is 0 Å². The van der Waals surface area contributed by atoms with Crippen molar-refractivity contribution in [2.75, 3.05) is 18.0 Å². The first-order chi connectivity index (χ1) is 7.79. The summed E-state index contributed by atoms with van der Waals surface area (Å²) in [6.07, 6.45) is 7.57. The lowest BCUT2D eigenvalue weighted by Crippen LogP contribution is -2.27. The quantitative estimate of drug-likeness (QED) is 0.820. The lowest BCUT2D eigenvalue weighted by Gasteiger charge is -2.21. The van der Waals surface area contributed by atoms with E-state index in [1.807, 2.05) is 4.90 Å². The molecule has 1 saturated heterocycles. The molecule has 0 radical (unpaired) electrons. The van der Waals surface area contributed by atoms with Crippen LogP contribution in [0.4, 0.5) is 5.82 Å². The summed E-state index contributed by atoms with van der Waals surface area (Å²) in [5.74, 6) is -0.496. The van der Waals surface area contributed by atoms with Crippen molar-refractivity contribution in [3.8, 4) is 0 Å². The first-order valence-electron chi connectivity index (χ1n) is 5.58. The van der Waals surface area contributed by atoms with E-state index >= 15 is 0 Å². The SMILES string of the molecule is O=C(O)c1nccnc1N1CCCCCC1. The summed E-state index contributed by atoms with van der Waals surface area (Å²) in [5, 5.41) is 9.04. The molecule has 0 spiro atoms. The van der Waals surface area contributed by atoms with Crippen LogP contribution in [0.1, 0.15) is 36.2 Å². The molecule has 5 nitrogen and oxygen atoms in total. The normalized spacial score (nSPS) is 16.9. The number of hydrogen-bond donors (Lipinski definition) is 1. The molecule has 1 aromatic heterocycles. The Bertz CT molecular complexity index is 373. The Morgan fingerprint density at radius 3 is 2.38 bits per heavy atom. The van der Waals surface area contributed by atoms with Gasteiger partial charge in [0.15, 0.2) is 11.5 Å². The fourth-order valence-corrected chi connectivity index (χ4v) is 2.00. The van der Waals surface area contributed by atoms with Crippen LogP contribution in [0.3, 0.4) is 0 Å². The van der Waals surface area contributed by atoms with Gasteiger partial charge < -0.3 is 10.0 Å². The summed E-state index contributed by atoms with van der Waals surface area (Å²) in [4.78, 5) is 21.1. The van der Waals surface area contributed by atoms with Crippen molar-refractivity contribution >= 4 is 11.8 Å². The van der Waals surface area contributed by atoms with E-state index in [0.29, 0.717) is 5.82 Å². The third-order valence-electron chi connectivity index (χ3n) is 2.79. The molecule has 0 saturated carbocycles. The zero-order chi connectivity index (χ0) is 11.4. The summed E-state index contributed by atoms with van der Waals surface area (Å²) in [6.45, 7) is 1.75. The molecule has 1 N–H and O–H groups in total. The lowest BCUT2D eigenvalue weighted by molar-refractivity contribution is 0.0690. The van der Waals surface area contributed by atoms with Crippen LogP contribution in [0.2, 0.25) is 0 Å². The molecule has 1 fully saturated rings. The second kappa shape index (κ2) is 4.92. The Morgan fingerprint density at radius 1 is 1.12 bits per heavy atom. The van der Waals surface area contributed by atoms with Gasteiger partial charge in [-0.3, -0.25) is 0 Å². The minimum atomic E-state index is -1.01. The highest BCUT2D eigenvalue weighted by Crippen LogP contribution is 2.19. The van der Waals surface area contributed by atoms with Crippen LogP contribution in [0, 0.1) is 0 Å². The van der Waals surface area contributed by atoms with Gasteiger partial charge in [0, 0.05) is 25.5 Å². The van der Waals surface area contributed by atoms with E-state index in [1.165, 1.54) is 19.0 Å². The minimum Gasteiger partial charge on any atom is -0.476 e. The van der Waals surface area contributed by atoms with Gasteiger partial charge in [0.2, 0.25) is 0 Å². The predicted octanol–water partition coefficient (Wildman–Crippen LogP) is 1.56. The van der Waals surface area contributed by atoms with Crippen LogP contribution in [-0.4, -0.2) is 34.1 Å². The molecular weight excluding hydrogens is 206 g/mol. The third kappa shape index (κ3) is 2.29. The maximum absolute atomic E-state index is 11.0. The lowest BCUT2D eigenvalue weighted by atomic mass is 10.2. The number of aromatic nitrogens is 2. The number of carbonyl (C=O) groups is 1. The van der Waals surface area contributed by atoms with Gasteiger partial charge in [0.25, 0.3) is 0 Å². The van der Waals surface area contributed by atoms with Crippen molar-refractivity contribution in [2.45, 2.75) is 25.7 Å². The van der Waals surface area contributed by atoms with Crippen molar-refractivity contribution in [1.82, 2.24) is 9.97 Å². The van der Waals surface area contributed by atoms with Crippen molar-refractivity contribution in [3.05, 3.63) is 18.1 Å². The Labute approximate surface area is 94.1 Å². The third-order valence-corrected chi connectivity index (χ3v) is 2.79. The van der Waals surface area contributed by atoms with Gasteiger partial charge in [-0.2, -0.15) is 0 Å². The maximum Gasteiger partial charge on any atom is 0.358 e. The number of rotatable bonds is 2. The molecule has 0 aromatic carbocycles. The van der Waals surface area contributed by atoms with Gasteiger partial charge in [0.05, 0.1) is 0 Å². The number of anilines is 1. The smallest absolute Gasteiger partial charge is 0.358 e. The number of aromatic carboxylic acids is 1. The highest BCUT2D eigenvalue weighted by atomic mass is 16.4. The summed E-state index contributed by atoms with van der Waals surface area (Å²) >= 11 is 0. The van der Waals surface area contributed by atoms with E-state index in [1.54, 1.807) is 6.20 Å². The second-order valence-corrected chi connectivity index (χ2v) is 3.93. The van der Waals surface area contributed by atoms with Gasteiger partial charge in [-0.1, -0.05) is 12.8 Å². The van der Waals surface area contributed by atoms with Crippen LogP contribution >= 0.6 is 0 Å². The molecule has 16 heavy (non-hydrogen) atoms. The molecular formula is C11H15N3O2. The Morgan fingerprint density at radius 2 is 1.75 bits per heavy atom. The second-order valence-electron chi connectivity index (χ2n) is 3.93. The molecule has 2 rings (SSSR count). The number of carboxylic acids is 1. The summed E-state index contributed by atoms with van der Waals surface area (Å²) in [7, 11) is 0. The minimum absolute atomic E-state index is 0.0596. The maximum atomic E-state index is 11.0. The zero-order valence-corrected chi connectivity index (χ0v) is 9.09. The molecule has 0 unspecified atom stereocenters. The van der Waals surface area contributed by atoms with Crippen LogP contribution < -0.4 is 4.90 Å². The van der Waals surface area contributed by atoms with Crippen molar-refractivity contribution in [3.63, 3.8) is 0 Å². The first kappa shape index (κ1) is 10.9.